The number of nitrogens with zero attached hydrogens (tertiary/aromatic N) is 1. The molecule has 0 saturated heterocycles. The monoisotopic (exact) mass is 518 g/mol. The minimum Gasteiger partial charge on any atom is -0.345 e. The maximum absolute atomic E-state index is 13.7. The highest BCUT2D eigenvalue weighted by Gasteiger charge is 2.31. The lowest BCUT2D eigenvalue weighted by Crippen LogP contribution is -2.57. The zero-order valence-corrected chi connectivity index (χ0v) is 22.9. The van der Waals surface area contributed by atoms with Gasteiger partial charge in [0.1, 0.15) is 11.0 Å². The fourth-order valence-electron chi connectivity index (χ4n) is 4.05. The summed E-state index contributed by atoms with van der Waals surface area (Å²) >= 11 is 1.51. The first-order valence-electron chi connectivity index (χ1n) is 12.7. The first-order chi connectivity index (χ1) is 17.7. The summed E-state index contributed by atoms with van der Waals surface area (Å²) in [4.78, 5) is 31.7. The van der Waals surface area contributed by atoms with E-state index in [4.69, 9.17) is 0 Å². The molecule has 2 aromatic carbocycles. The van der Waals surface area contributed by atoms with Gasteiger partial charge in [-0.3, -0.25) is 14.9 Å². The SMILES string of the molecule is C=CC(C)(C)N[C@@H](Cc1ccccc1)C(=O)N[C@@H](Cc1ccccc1)C(=O)N[C@H](c1nccs1)C(C)C. The Morgan fingerprint density at radius 1 is 0.919 bits per heavy atom. The van der Waals surface area contributed by atoms with E-state index in [0.29, 0.717) is 12.8 Å². The second kappa shape index (κ2) is 13.3. The smallest absolute Gasteiger partial charge is 0.243 e. The number of thiazole rings is 1. The van der Waals surface area contributed by atoms with Crippen LogP contribution in [0.4, 0.5) is 0 Å². The Bertz CT molecular complexity index is 1130. The Kier molecular flexibility index (Phi) is 10.2. The van der Waals surface area contributed by atoms with Crippen LogP contribution in [-0.2, 0) is 22.4 Å². The van der Waals surface area contributed by atoms with Crippen molar-refractivity contribution in [3.05, 3.63) is 101 Å². The Labute approximate surface area is 224 Å². The van der Waals surface area contributed by atoms with Crippen LogP contribution >= 0.6 is 11.3 Å². The van der Waals surface area contributed by atoms with Crippen LogP contribution in [0.3, 0.4) is 0 Å². The molecule has 2 amide bonds. The summed E-state index contributed by atoms with van der Waals surface area (Å²) in [7, 11) is 0. The summed E-state index contributed by atoms with van der Waals surface area (Å²) in [5.74, 6) is -0.318. The number of rotatable bonds is 13. The zero-order valence-electron chi connectivity index (χ0n) is 22.1. The maximum atomic E-state index is 13.7. The highest BCUT2D eigenvalue weighted by atomic mass is 32.1. The summed E-state index contributed by atoms with van der Waals surface area (Å²) in [5, 5.41) is 12.4. The molecule has 0 aliphatic rings. The van der Waals surface area contributed by atoms with Gasteiger partial charge in [-0.2, -0.15) is 0 Å². The molecule has 7 heteroatoms. The number of carbonyl (C=O) groups excluding carboxylic acids is 2. The molecule has 6 nitrogen and oxygen atoms in total. The van der Waals surface area contributed by atoms with Gasteiger partial charge in [-0.1, -0.05) is 80.6 Å². The number of hydrogen-bond acceptors (Lipinski definition) is 5. The second-order valence-corrected chi connectivity index (χ2v) is 11.1. The summed E-state index contributed by atoms with van der Waals surface area (Å²) < 4.78 is 0. The summed E-state index contributed by atoms with van der Waals surface area (Å²) in [6, 6.07) is 18.1. The van der Waals surface area contributed by atoms with Crippen LogP contribution in [0.5, 0.6) is 0 Å². The van der Waals surface area contributed by atoms with Crippen molar-refractivity contribution in [2.75, 3.05) is 0 Å². The minimum absolute atomic E-state index is 0.143. The molecule has 3 aromatic rings. The van der Waals surface area contributed by atoms with Crippen LogP contribution in [0.1, 0.15) is 49.9 Å². The maximum Gasteiger partial charge on any atom is 0.243 e. The predicted octanol–water partition coefficient (Wildman–Crippen LogP) is 4.85. The van der Waals surface area contributed by atoms with Gasteiger partial charge in [0.05, 0.1) is 12.1 Å². The van der Waals surface area contributed by atoms with Crippen molar-refractivity contribution in [3.8, 4) is 0 Å². The fourth-order valence-corrected chi connectivity index (χ4v) is 4.91. The number of hydrogen-bond donors (Lipinski definition) is 3. The van der Waals surface area contributed by atoms with Crippen LogP contribution in [0.2, 0.25) is 0 Å². The summed E-state index contributed by atoms with van der Waals surface area (Å²) in [6.45, 7) is 12.0. The molecule has 0 radical (unpaired) electrons. The molecule has 0 aliphatic carbocycles. The molecule has 3 N–H and O–H groups in total. The molecule has 1 aromatic heterocycles. The van der Waals surface area contributed by atoms with Crippen LogP contribution in [0.15, 0.2) is 84.9 Å². The van der Waals surface area contributed by atoms with Gasteiger partial charge in [-0.15, -0.1) is 17.9 Å². The molecule has 0 fully saturated rings. The topological polar surface area (TPSA) is 83.1 Å². The fraction of sp³-hybridized carbons (Fsp3) is 0.367. The van der Waals surface area contributed by atoms with Crippen LogP contribution in [0, 0.1) is 5.92 Å². The van der Waals surface area contributed by atoms with Gasteiger partial charge in [0, 0.05) is 23.5 Å². The number of carbonyl (C=O) groups is 2. The first kappa shape index (κ1) is 28.3. The average molecular weight is 519 g/mol. The quantitative estimate of drug-likeness (QED) is 0.283. The number of nitrogens with one attached hydrogen (secondary N) is 3. The Morgan fingerprint density at radius 3 is 1.95 bits per heavy atom. The van der Waals surface area contributed by atoms with E-state index in [2.05, 4.69) is 27.5 Å². The average Bonchev–Trinajstić information content (AvgIpc) is 3.42. The zero-order chi connectivity index (χ0) is 26.8. The van der Waals surface area contributed by atoms with E-state index in [-0.39, 0.29) is 23.8 Å². The Balaban J connectivity index is 1.85. The first-order valence-corrected chi connectivity index (χ1v) is 13.6. The molecule has 0 aliphatic heterocycles. The minimum atomic E-state index is -0.747. The Morgan fingerprint density at radius 2 is 1.46 bits per heavy atom. The predicted molar refractivity (Wildman–Crippen MR) is 151 cm³/mol. The van der Waals surface area contributed by atoms with Gasteiger partial charge < -0.3 is 10.6 Å². The Hall–Kier alpha value is -3.29. The van der Waals surface area contributed by atoms with Crippen molar-refractivity contribution in [1.82, 2.24) is 20.9 Å². The molecule has 0 bridgehead atoms. The van der Waals surface area contributed by atoms with E-state index < -0.39 is 17.6 Å². The van der Waals surface area contributed by atoms with Gasteiger partial charge >= 0.3 is 0 Å². The van der Waals surface area contributed by atoms with Crippen molar-refractivity contribution in [3.63, 3.8) is 0 Å². The standard InChI is InChI=1S/C30H38N4O2S/c1-6-30(4,5)34-25(20-23-15-11-8-12-16-23)28(36)32-24(19-22-13-9-7-10-14-22)27(35)33-26(21(2)3)29-31-17-18-37-29/h6-18,21,24-26,34H,1,19-20H2,2-5H3,(H,32,36)(H,33,35)/t24-,25-,26-/m0/s1. The number of amides is 2. The summed E-state index contributed by atoms with van der Waals surface area (Å²) in [5.41, 5.74) is 1.53. The van der Waals surface area contributed by atoms with Crippen molar-refractivity contribution in [2.45, 2.75) is 64.2 Å². The van der Waals surface area contributed by atoms with Crippen molar-refractivity contribution < 1.29 is 9.59 Å². The van der Waals surface area contributed by atoms with Crippen molar-refractivity contribution in [1.29, 1.82) is 0 Å². The van der Waals surface area contributed by atoms with Crippen molar-refractivity contribution >= 4 is 23.2 Å². The number of benzene rings is 2. The lowest BCUT2D eigenvalue weighted by Gasteiger charge is -2.30. The molecule has 37 heavy (non-hydrogen) atoms. The largest absolute Gasteiger partial charge is 0.345 e. The number of aromatic nitrogens is 1. The van der Waals surface area contributed by atoms with Gasteiger partial charge in [0.25, 0.3) is 0 Å². The molecular weight excluding hydrogens is 480 g/mol. The molecule has 196 valence electrons. The van der Waals surface area contributed by atoms with Crippen molar-refractivity contribution in [2.24, 2.45) is 5.92 Å². The summed E-state index contributed by atoms with van der Waals surface area (Å²) in [6.07, 6.45) is 4.39. The van der Waals surface area contributed by atoms with Gasteiger partial charge in [0.2, 0.25) is 11.8 Å². The third-order valence-corrected chi connectivity index (χ3v) is 7.11. The van der Waals surface area contributed by atoms with E-state index in [1.807, 2.05) is 93.7 Å². The lowest BCUT2D eigenvalue weighted by molar-refractivity contribution is -0.130. The van der Waals surface area contributed by atoms with E-state index in [1.54, 1.807) is 12.3 Å². The second-order valence-electron chi connectivity index (χ2n) is 10.2. The van der Waals surface area contributed by atoms with Crippen LogP contribution in [0.25, 0.3) is 0 Å². The highest BCUT2D eigenvalue weighted by molar-refractivity contribution is 7.09. The van der Waals surface area contributed by atoms with Crippen LogP contribution < -0.4 is 16.0 Å². The highest BCUT2D eigenvalue weighted by Crippen LogP contribution is 2.23. The molecular formula is C30H38N4O2S. The van der Waals surface area contributed by atoms with Gasteiger partial charge in [-0.25, -0.2) is 4.98 Å². The van der Waals surface area contributed by atoms with Crippen LogP contribution in [-0.4, -0.2) is 34.4 Å². The van der Waals surface area contributed by atoms with Gasteiger partial charge in [-0.05, 0) is 37.3 Å². The third kappa shape index (κ3) is 8.65. The lowest BCUT2D eigenvalue weighted by atomic mass is 9.98. The molecule has 1 heterocycles. The van der Waals surface area contributed by atoms with E-state index in [1.165, 1.54) is 11.3 Å². The van der Waals surface area contributed by atoms with E-state index in [0.717, 1.165) is 16.1 Å². The molecule has 3 atom stereocenters. The third-order valence-electron chi connectivity index (χ3n) is 6.25. The molecule has 0 spiro atoms. The normalized spacial score (nSPS) is 14.0. The molecule has 0 saturated carbocycles. The van der Waals surface area contributed by atoms with Gasteiger partial charge in [0.15, 0.2) is 0 Å². The molecule has 3 rings (SSSR count). The molecule has 0 unspecified atom stereocenters. The van der Waals surface area contributed by atoms with E-state index in [9.17, 15) is 9.59 Å². The van der Waals surface area contributed by atoms with E-state index >= 15 is 0 Å².